The Hall–Kier alpha value is -1.30. The van der Waals surface area contributed by atoms with Crippen LogP contribution < -0.4 is 0 Å². The normalized spacial score (nSPS) is 18.9. The molecule has 0 aromatic carbocycles. The van der Waals surface area contributed by atoms with Crippen LogP contribution in [0.3, 0.4) is 0 Å². The van der Waals surface area contributed by atoms with Gasteiger partial charge in [0.2, 0.25) is 0 Å². The zero-order chi connectivity index (χ0) is 16.6. The summed E-state index contributed by atoms with van der Waals surface area (Å²) in [6.45, 7) is 9.45. The first-order valence-electron chi connectivity index (χ1n) is 8.07. The number of unbranched alkanes of at least 4 members (excludes halogenated alkanes) is 1. The van der Waals surface area contributed by atoms with Crippen LogP contribution in [0.4, 0.5) is 4.79 Å². The molecule has 1 rings (SSSR count). The first-order chi connectivity index (χ1) is 10.3. The quantitative estimate of drug-likeness (QED) is 0.557. The third-order valence-electron chi connectivity index (χ3n) is 3.25. The number of ether oxygens (including phenoxy) is 3. The third-order valence-corrected chi connectivity index (χ3v) is 3.25. The van der Waals surface area contributed by atoms with E-state index in [-0.39, 0.29) is 18.2 Å². The maximum Gasteiger partial charge on any atom is 0.410 e. The van der Waals surface area contributed by atoms with Crippen molar-refractivity contribution in [2.45, 2.75) is 65.1 Å². The smallest absolute Gasteiger partial charge is 0.410 e. The Morgan fingerprint density at radius 1 is 1.27 bits per heavy atom. The molecule has 1 heterocycles. The van der Waals surface area contributed by atoms with Gasteiger partial charge in [-0.1, -0.05) is 6.42 Å². The number of rotatable bonds is 6. The van der Waals surface area contributed by atoms with Crippen molar-refractivity contribution in [3.8, 4) is 0 Å². The Kier molecular flexibility index (Phi) is 7.65. The third kappa shape index (κ3) is 7.64. The lowest BCUT2D eigenvalue weighted by Crippen LogP contribution is -2.47. The summed E-state index contributed by atoms with van der Waals surface area (Å²) in [6, 6.07) is 0. The molecule has 0 aromatic heterocycles. The fraction of sp³-hybridized carbons (Fsp3) is 0.875. The Morgan fingerprint density at radius 2 is 2.00 bits per heavy atom. The minimum absolute atomic E-state index is 0.0171. The van der Waals surface area contributed by atoms with Crippen LogP contribution in [0.2, 0.25) is 0 Å². The fourth-order valence-electron chi connectivity index (χ4n) is 2.26. The van der Waals surface area contributed by atoms with Crippen LogP contribution in [0.1, 0.15) is 53.4 Å². The van der Waals surface area contributed by atoms with Crippen molar-refractivity contribution in [2.75, 3.05) is 26.3 Å². The highest BCUT2D eigenvalue weighted by Gasteiger charge is 2.27. The summed E-state index contributed by atoms with van der Waals surface area (Å²) in [6.07, 6.45) is 2.67. The van der Waals surface area contributed by atoms with Crippen LogP contribution in [0.15, 0.2) is 0 Å². The second-order valence-electron chi connectivity index (χ2n) is 6.47. The molecule has 22 heavy (non-hydrogen) atoms. The number of esters is 1. The second kappa shape index (κ2) is 8.98. The van der Waals surface area contributed by atoms with Gasteiger partial charge in [-0.25, -0.2) is 4.79 Å². The number of amides is 1. The molecule has 6 nitrogen and oxygen atoms in total. The van der Waals surface area contributed by atoms with Gasteiger partial charge in [-0.3, -0.25) is 4.79 Å². The predicted octanol–water partition coefficient (Wildman–Crippen LogP) is 2.75. The first-order valence-corrected chi connectivity index (χ1v) is 8.07. The first kappa shape index (κ1) is 18.7. The van der Waals surface area contributed by atoms with E-state index in [1.165, 1.54) is 0 Å². The maximum absolute atomic E-state index is 12.0. The maximum atomic E-state index is 12.0. The summed E-state index contributed by atoms with van der Waals surface area (Å²) in [5, 5.41) is 0. The van der Waals surface area contributed by atoms with Crippen molar-refractivity contribution in [3.05, 3.63) is 0 Å². The van der Waals surface area contributed by atoms with Gasteiger partial charge in [0, 0.05) is 13.0 Å². The van der Waals surface area contributed by atoms with Gasteiger partial charge in [0.1, 0.15) is 5.60 Å². The molecule has 1 aliphatic rings. The largest absolute Gasteiger partial charge is 0.466 e. The molecule has 0 N–H and O–H groups in total. The van der Waals surface area contributed by atoms with E-state index in [0.717, 1.165) is 19.3 Å². The van der Waals surface area contributed by atoms with Gasteiger partial charge in [-0.05, 0) is 40.5 Å². The number of nitrogens with zero attached hydrogens (tertiary/aromatic N) is 1. The molecule has 1 aliphatic heterocycles. The molecule has 0 aliphatic carbocycles. The topological polar surface area (TPSA) is 65.1 Å². The van der Waals surface area contributed by atoms with Crippen molar-refractivity contribution < 1.29 is 23.8 Å². The molecule has 1 atom stereocenters. The van der Waals surface area contributed by atoms with Gasteiger partial charge in [0.25, 0.3) is 0 Å². The standard InChI is InChI=1S/C16H29NO5/c1-5-20-14(18)9-7-6-8-13-12-17(10-11-21-13)15(19)22-16(2,3)4/h13H,5-12H2,1-4H3/t13-/m1/s1. The lowest BCUT2D eigenvalue weighted by molar-refractivity contribution is -0.143. The zero-order valence-corrected chi connectivity index (χ0v) is 14.2. The van der Waals surface area contributed by atoms with Gasteiger partial charge >= 0.3 is 12.1 Å². The number of hydrogen-bond donors (Lipinski definition) is 0. The highest BCUT2D eigenvalue weighted by atomic mass is 16.6. The number of hydrogen-bond acceptors (Lipinski definition) is 5. The Balaban J connectivity index is 2.26. The molecule has 0 radical (unpaired) electrons. The number of morpholine rings is 1. The summed E-state index contributed by atoms with van der Waals surface area (Å²) in [7, 11) is 0. The lowest BCUT2D eigenvalue weighted by atomic mass is 10.1. The zero-order valence-electron chi connectivity index (χ0n) is 14.2. The average molecular weight is 315 g/mol. The van der Waals surface area contributed by atoms with Crippen molar-refractivity contribution in [1.29, 1.82) is 0 Å². The van der Waals surface area contributed by atoms with Crippen LogP contribution in [-0.4, -0.2) is 55.0 Å². The van der Waals surface area contributed by atoms with E-state index in [9.17, 15) is 9.59 Å². The molecule has 0 aromatic rings. The van der Waals surface area contributed by atoms with Crippen LogP contribution in [0.5, 0.6) is 0 Å². The van der Waals surface area contributed by atoms with Crippen molar-refractivity contribution in [2.24, 2.45) is 0 Å². The lowest BCUT2D eigenvalue weighted by Gasteiger charge is -2.34. The highest BCUT2D eigenvalue weighted by Crippen LogP contribution is 2.16. The van der Waals surface area contributed by atoms with Gasteiger partial charge in [-0.15, -0.1) is 0 Å². The molecule has 0 saturated carbocycles. The Bertz CT molecular complexity index is 364. The van der Waals surface area contributed by atoms with E-state index in [1.54, 1.807) is 11.8 Å². The predicted molar refractivity (Wildman–Crippen MR) is 82.6 cm³/mol. The van der Waals surface area contributed by atoms with Crippen LogP contribution >= 0.6 is 0 Å². The summed E-state index contributed by atoms with van der Waals surface area (Å²) in [5.74, 6) is -0.151. The van der Waals surface area contributed by atoms with E-state index in [2.05, 4.69) is 0 Å². The summed E-state index contributed by atoms with van der Waals surface area (Å²) in [4.78, 5) is 25.0. The highest BCUT2D eigenvalue weighted by molar-refractivity contribution is 5.69. The Labute approximate surface area is 133 Å². The summed E-state index contributed by atoms with van der Waals surface area (Å²) >= 11 is 0. The van der Waals surface area contributed by atoms with Crippen molar-refractivity contribution in [1.82, 2.24) is 4.90 Å². The molecule has 1 fully saturated rings. The molecule has 128 valence electrons. The van der Waals surface area contributed by atoms with Gasteiger partial charge in [0.15, 0.2) is 0 Å². The van der Waals surface area contributed by atoms with E-state index in [1.807, 2.05) is 20.8 Å². The number of carbonyl (C=O) groups excluding carboxylic acids is 2. The molecule has 1 saturated heterocycles. The molecule has 0 bridgehead atoms. The number of carbonyl (C=O) groups is 2. The van der Waals surface area contributed by atoms with E-state index in [0.29, 0.717) is 32.7 Å². The minimum Gasteiger partial charge on any atom is -0.466 e. The van der Waals surface area contributed by atoms with Gasteiger partial charge in [0.05, 0.1) is 25.9 Å². The van der Waals surface area contributed by atoms with E-state index >= 15 is 0 Å². The molecule has 6 heteroatoms. The molecular formula is C16H29NO5. The molecule has 0 spiro atoms. The Morgan fingerprint density at radius 3 is 2.64 bits per heavy atom. The molecule has 1 amide bonds. The minimum atomic E-state index is -0.482. The monoisotopic (exact) mass is 315 g/mol. The fourth-order valence-corrected chi connectivity index (χ4v) is 2.26. The average Bonchev–Trinajstić information content (AvgIpc) is 2.42. The van der Waals surface area contributed by atoms with Crippen LogP contribution in [-0.2, 0) is 19.0 Å². The van der Waals surface area contributed by atoms with E-state index < -0.39 is 5.60 Å². The van der Waals surface area contributed by atoms with E-state index in [4.69, 9.17) is 14.2 Å². The van der Waals surface area contributed by atoms with Crippen molar-refractivity contribution in [3.63, 3.8) is 0 Å². The van der Waals surface area contributed by atoms with Crippen LogP contribution in [0.25, 0.3) is 0 Å². The van der Waals surface area contributed by atoms with Gasteiger partial charge in [-0.2, -0.15) is 0 Å². The van der Waals surface area contributed by atoms with Crippen LogP contribution in [0, 0.1) is 0 Å². The van der Waals surface area contributed by atoms with Crippen molar-refractivity contribution >= 4 is 12.1 Å². The molecule has 0 unspecified atom stereocenters. The summed E-state index contributed by atoms with van der Waals surface area (Å²) in [5.41, 5.74) is -0.482. The molecular weight excluding hydrogens is 286 g/mol. The SMILES string of the molecule is CCOC(=O)CCCC[C@@H]1CN(C(=O)OC(C)(C)C)CCO1. The second-order valence-corrected chi connectivity index (χ2v) is 6.47. The van der Waals surface area contributed by atoms with Gasteiger partial charge < -0.3 is 19.1 Å². The summed E-state index contributed by atoms with van der Waals surface area (Å²) < 4.78 is 15.9.